The fourth-order valence-electron chi connectivity index (χ4n) is 1.88. The van der Waals surface area contributed by atoms with Crippen molar-refractivity contribution in [1.82, 2.24) is 10.2 Å². The summed E-state index contributed by atoms with van der Waals surface area (Å²) in [6, 6.07) is 5.64. The molecule has 0 unspecified atom stereocenters. The molecule has 6 heteroatoms. The van der Waals surface area contributed by atoms with E-state index in [1.165, 1.54) is 12.1 Å². The summed E-state index contributed by atoms with van der Waals surface area (Å²) in [6.45, 7) is 2.70. The summed E-state index contributed by atoms with van der Waals surface area (Å²) >= 11 is 0. The highest BCUT2D eigenvalue weighted by Gasteiger charge is 2.12. The lowest BCUT2D eigenvalue weighted by Crippen LogP contribution is -2.35. The Balaban J connectivity index is 2.38. The fraction of sp³-hybridized carbons (Fsp3) is 0.429. The van der Waals surface area contributed by atoms with Crippen molar-refractivity contribution in [3.63, 3.8) is 0 Å². The molecule has 0 fully saturated rings. The standard InChI is InChI=1S/C14H20FN3O2/c1-10(11-5-7-12(15)8-6-11)18(2)9-3-4-13(19)17-14(16)20/h5-8,10H,3-4,9H2,1-2H3,(H3,16,17,19,20)/t10-/m0/s1. The van der Waals surface area contributed by atoms with Gasteiger partial charge in [-0.25, -0.2) is 9.18 Å². The van der Waals surface area contributed by atoms with Crippen molar-refractivity contribution in [2.45, 2.75) is 25.8 Å². The summed E-state index contributed by atoms with van der Waals surface area (Å²) < 4.78 is 12.9. The van der Waals surface area contributed by atoms with E-state index in [-0.39, 0.29) is 24.2 Å². The Kier molecular flexibility index (Phi) is 6.11. The quantitative estimate of drug-likeness (QED) is 0.834. The Morgan fingerprint density at radius 1 is 1.35 bits per heavy atom. The molecule has 0 radical (unpaired) electrons. The summed E-state index contributed by atoms with van der Waals surface area (Å²) in [5, 5.41) is 2.02. The number of imide groups is 1. The third-order valence-electron chi connectivity index (χ3n) is 3.19. The first kappa shape index (κ1) is 16.1. The Hall–Kier alpha value is -1.95. The molecule has 0 aliphatic rings. The van der Waals surface area contributed by atoms with Crippen molar-refractivity contribution in [3.05, 3.63) is 35.6 Å². The van der Waals surface area contributed by atoms with Crippen LogP contribution in [0.3, 0.4) is 0 Å². The van der Waals surface area contributed by atoms with Gasteiger partial charge in [-0.1, -0.05) is 12.1 Å². The van der Waals surface area contributed by atoms with Gasteiger partial charge in [0.15, 0.2) is 0 Å². The zero-order valence-electron chi connectivity index (χ0n) is 11.7. The molecule has 1 rings (SSSR count). The molecule has 0 spiro atoms. The van der Waals surface area contributed by atoms with Crippen molar-refractivity contribution in [2.24, 2.45) is 5.73 Å². The smallest absolute Gasteiger partial charge is 0.318 e. The second-order valence-corrected chi connectivity index (χ2v) is 4.72. The van der Waals surface area contributed by atoms with Gasteiger partial charge in [0.1, 0.15) is 5.82 Å². The first-order chi connectivity index (χ1) is 9.40. The molecule has 0 heterocycles. The number of hydrogen-bond acceptors (Lipinski definition) is 3. The second kappa shape index (κ2) is 7.59. The Labute approximate surface area is 117 Å². The molecule has 1 aromatic carbocycles. The summed E-state index contributed by atoms with van der Waals surface area (Å²) in [6.07, 6.45) is 0.852. The van der Waals surface area contributed by atoms with Crippen LogP contribution >= 0.6 is 0 Å². The maximum absolute atomic E-state index is 12.9. The van der Waals surface area contributed by atoms with Crippen LogP contribution in [-0.4, -0.2) is 30.4 Å². The van der Waals surface area contributed by atoms with Crippen LogP contribution < -0.4 is 11.1 Å². The van der Waals surface area contributed by atoms with Gasteiger partial charge in [-0.05, 0) is 44.6 Å². The van der Waals surface area contributed by atoms with Gasteiger partial charge in [-0.3, -0.25) is 15.0 Å². The van der Waals surface area contributed by atoms with Gasteiger partial charge in [0.2, 0.25) is 5.91 Å². The molecule has 0 aliphatic carbocycles. The van der Waals surface area contributed by atoms with Gasteiger partial charge in [0, 0.05) is 12.5 Å². The molecule has 0 saturated carbocycles. The summed E-state index contributed by atoms with van der Waals surface area (Å²) in [4.78, 5) is 23.8. The summed E-state index contributed by atoms with van der Waals surface area (Å²) in [7, 11) is 1.93. The maximum atomic E-state index is 12.9. The molecule has 0 saturated heterocycles. The Morgan fingerprint density at radius 3 is 2.50 bits per heavy atom. The van der Waals surface area contributed by atoms with Crippen LogP contribution in [0.2, 0.25) is 0 Å². The van der Waals surface area contributed by atoms with Crippen LogP contribution in [0.15, 0.2) is 24.3 Å². The van der Waals surface area contributed by atoms with E-state index in [1.807, 2.05) is 19.3 Å². The lowest BCUT2D eigenvalue weighted by Gasteiger charge is -2.24. The topological polar surface area (TPSA) is 75.4 Å². The van der Waals surface area contributed by atoms with Gasteiger partial charge in [0.25, 0.3) is 0 Å². The zero-order chi connectivity index (χ0) is 15.1. The van der Waals surface area contributed by atoms with Crippen molar-refractivity contribution in [2.75, 3.05) is 13.6 Å². The van der Waals surface area contributed by atoms with Crippen molar-refractivity contribution in [1.29, 1.82) is 0 Å². The van der Waals surface area contributed by atoms with Crippen LogP contribution in [0, 0.1) is 5.82 Å². The number of hydrogen-bond donors (Lipinski definition) is 2. The zero-order valence-corrected chi connectivity index (χ0v) is 11.7. The number of nitrogens with zero attached hydrogens (tertiary/aromatic N) is 1. The van der Waals surface area contributed by atoms with E-state index in [0.717, 1.165) is 5.56 Å². The molecule has 3 N–H and O–H groups in total. The molecule has 0 bridgehead atoms. The summed E-state index contributed by atoms with van der Waals surface area (Å²) in [5.74, 6) is -0.632. The van der Waals surface area contributed by atoms with Crippen molar-refractivity contribution >= 4 is 11.9 Å². The molecule has 5 nitrogen and oxygen atoms in total. The van der Waals surface area contributed by atoms with E-state index in [1.54, 1.807) is 12.1 Å². The van der Waals surface area contributed by atoms with Crippen LogP contribution in [0.1, 0.15) is 31.4 Å². The highest BCUT2D eigenvalue weighted by atomic mass is 19.1. The second-order valence-electron chi connectivity index (χ2n) is 4.72. The van der Waals surface area contributed by atoms with Gasteiger partial charge in [-0.2, -0.15) is 0 Å². The van der Waals surface area contributed by atoms with Gasteiger partial charge in [0.05, 0.1) is 0 Å². The van der Waals surface area contributed by atoms with Crippen LogP contribution in [0.4, 0.5) is 9.18 Å². The van der Waals surface area contributed by atoms with E-state index in [0.29, 0.717) is 13.0 Å². The molecule has 110 valence electrons. The number of rotatable bonds is 6. The van der Waals surface area contributed by atoms with E-state index in [2.05, 4.69) is 4.90 Å². The van der Waals surface area contributed by atoms with Gasteiger partial charge < -0.3 is 5.73 Å². The number of nitrogens with one attached hydrogen (secondary N) is 1. The number of benzene rings is 1. The minimum atomic E-state index is -0.831. The first-order valence-corrected chi connectivity index (χ1v) is 6.45. The lowest BCUT2D eigenvalue weighted by molar-refractivity contribution is -0.120. The molecule has 0 aromatic heterocycles. The Morgan fingerprint density at radius 2 is 1.95 bits per heavy atom. The number of urea groups is 1. The van der Waals surface area contributed by atoms with Crippen LogP contribution in [0.5, 0.6) is 0 Å². The number of amides is 3. The average Bonchev–Trinajstić information content (AvgIpc) is 2.37. The molecule has 0 aliphatic heterocycles. The van der Waals surface area contributed by atoms with Crippen molar-refractivity contribution < 1.29 is 14.0 Å². The predicted molar refractivity (Wildman–Crippen MR) is 74.4 cm³/mol. The van der Waals surface area contributed by atoms with Crippen molar-refractivity contribution in [3.8, 4) is 0 Å². The molecular weight excluding hydrogens is 261 g/mol. The fourth-order valence-corrected chi connectivity index (χ4v) is 1.88. The van der Waals surface area contributed by atoms with E-state index >= 15 is 0 Å². The highest BCUT2D eigenvalue weighted by Crippen LogP contribution is 2.19. The molecular formula is C14H20FN3O2. The molecule has 1 aromatic rings. The number of halogens is 1. The Bertz CT molecular complexity index is 462. The lowest BCUT2D eigenvalue weighted by atomic mass is 10.1. The average molecular weight is 281 g/mol. The van der Waals surface area contributed by atoms with Gasteiger partial charge in [-0.15, -0.1) is 0 Å². The number of carbonyl (C=O) groups is 2. The first-order valence-electron chi connectivity index (χ1n) is 6.45. The maximum Gasteiger partial charge on any atom is 0.318 e. The minimum Gasteiger partial charge on any atom is -0.351 e. The van der Waals surface area contributed by atoms with Crippen LogP contribution in [0.25, 0.3) is 0 Å². The largest absolute Gasteiger partial charge is 0.351 e. The third-order valence-corrected chi connectivity index (χ3v) is 3.19. The van der Waals surface area contributed by atoms with Gasteiger partial charge >= 0.3 is 6.03 Å². The minimum absolute atomic E-state index is 0.120. The van der Waals surface area contributed by atoms with E-state index in [4.69, 9.17) is 5.73 Å². The van der Waals surface area contributed by atoms with E-state index in [9.17, 15) is 14.0 Å². The normalized spacial score (nSPS) is 12.2. The molecule has 20 heavy (non-hydrogen) atoms. The van der Waals surface area contributed by atoms with E-state index < -0.39 is 6.03 Å². The highest BCUT2D eigenvalue weighted by molar-refractivity contribution is 5.93. The predicted octanol–water partition coefficient (Wildman–Crippen LogP) is 1.79. The summed E-state index contributed by atoms with van der Waals surface area (Å²) in [5.41, 5.74) is 5.86. The monoisotopic (exact) mass is 281 g/mol. The number of nitrogens with two attached hydrogens (primary N) is 1. The van der Waals surface area contributed by atoms with Crippen LogP contribution in [-0.2, 0) is 4.79 Å². The molecule has 1 atom stereocenters. The SMILES string of the molecule is C[C@@H](c1ccc(F)cc1)N(C)CCCC(=O)NC(N)=O. The third kappa shape index (κ3) is 5.36. The number of carbonyl (C=O) groups excluding carboxylic acids is 2. The number of primary amides is 1. The molecule has 3 amide bonds.